The quantitative estimate of drug-likeness (QED) is 0.0432. The lowest BCUT2D eigenvalue weighted by Crippen LogP contribution is -2.56. The number of carboxylic acids is 1. The number of unbranched alkanes of at least 4 members (excludes halogenated alkanes) is 8. The maximum absolute atomic E-state index is 13.7. The zero-order valence-electron chi connectivity index (χ0n) is 29.2. The Bertz CT molecular complexity index is 1190. The summed E-state index contributed by atoms with van der Waals surface area (Å²) in [7, 11) is 2.63. The first kappa shape index (κ1) is 42.3. The lowest BCUT2D eigenvalue weighted by atomic mass is 9.83. The van der Waals surface area contributed by atoms with Crippen molar-refractivity contribution >= 4 is 23.6 Å². The van der Waals surface area contributed by atoms with Crippen LogP contribution in [0.1, 0.15) is 103 Å². The summed E-state index contributed by atoms with van der Waals surface area (Å²) in [5.74, 6) is 1.85. The van der Waals surface area contributed by atoms with E-state index in [9.17, 15) is 29.4 Å². The van der Waals surface area contributed by atoms with Crippen LogP contribution < -0.4 is 15.5 Å². The van der Waals surface area contributed by atoms with Crippen molar-refractivity contribution in [2.24, 2.45) is 5.92 Å². The normalized spacial score (nSPS) is 13.5. The predicted octanol–water partition coefficient (Wildman–Crippen LogP) is 5.09. The van der Waals surface area contributed by atoms with E-state index in [1.807, 2.05) is 0 Å². The Hall–Kier alpha value is -3.72. The Kier molecular flexibility index (Phi) is 22.3. The van der Waals surface area contributed by atoms with Gasteiger partial charge in [-0.1, -0.05) is 75.7 Å². The third-order valence-electron chi connectivity index (χ3n) is 8.01. The molecule has 2 amide bonds. The number of nitrogens with one attached hydrogen (secondary N) is 2. The third kappa shape index (κ3) is 16.9. The number of amides is 2. The van der Waals surface area contributed by atoms with Gasteiger partial charge >= 0.3 is 5.97 Å². The molecule has 0 bridgehead atoms. The maximum atomic E-state index is 13.7. The number of carbonyl (C=O) groups excluding carboxylic acids is 3. The Morgan fingerprint density at radius 2 is 1.58 bits per heavy atom. The summed E-state index contributed by atoms with van der Waals surface area (Å²) in [5.41, 5.74) is 0.420. The van der Waals surface area contributed by atoms with Crippen LogP contribution >= 0.6 is 0 Å². The van der Waals surface area contributed by atoms with Crippen LogP contribution in [-0.4, -0.2) is 72.9 Å². The molecule has 0 fully saturated rings. The number of Topliss-reactive ketones (excluding diaryl/α,β-unsaturated/α-hetero) is 1. The molecule has 1 aromatic carbocycles. The molecule has 0 aliphatic carbocycles. The number of ketones is 1. The summed E-state index contributed by atoms with van der Waals surface area (Å²) in [6, 6.07) is 5.76. The number of methoxy groups -OCH3 is 1. The molecule has 4 N–H and O–H groups in total. The summed E-state index contributed by atoms with van der Waals surface area (Å²) in [6.45, 7) is 4.01. The maximum Gasteiger partial charge on any atom is 0.336 e. The van der Waals surface area contributed by atoms with E-state index < -0.39 is 35.3 Å². The molecule has 0 unspecified atom stereocenters. The summed E-state index contributed by atoms with van der Waals surface area (Å²) >= 11 is 0. The number of hydrogen-bond acceptors (Lipinski definition) is 8. The number of carboxylic acid groups (broad SMARTS) is 1. The number of benzene rings is 1. The highest BCUT2D eigenvalue weighted by atomic mass is 16.6. The fourth-order valence-corrected chi connectivity index (χ4v) is 5.13. The molecule has 0 heterocycles. The van der Waals surface area contributed by atoms with Gasteiger partial charge in [-0.3, -0.25) is 19.2 Å². The van der Waals surface area contributed by atoms with Crippen molar-refractivity contribution in [2.75, 3.05) is 27.4 Å². The Balaban J connectivity index is 2.91. The third-order valence-corrected chi connectivity index (χ3v) is 8.01. The highest BCUT2D eigenvalue weighted by Crippen LogP contribution is 2.26. The van der Waals surface area contributed by atoms with Gasteiger partial charge in [0.2, 0.25) is 5.91 Å². The first-order valence-corrected chi connectivity index (χ1v) is 17.0. The van der Waals surface area contributed by atoms with Gasteiger partial charge in [0.25, 0.3) is 5.91 Å². The molecule has 0 aromatic heterocycles. The van der Waals surface area contributed by atoms with Crippen molar-refractivity contribution in [3.8, 4) is 17.6 Å². The van der Waals surface area contributed by atoms with E-state index in [-0.39, 0.29) is 26.1 Å². The highest BCUT2D eigenvalue weighted by molar-refractivity contribution is 5.93. The second-order valence-electron chi connectivity index (χ2n) is 11.8. The van der Waals surface area contributed by atoms with Gasteiger partial charge in [-0.05, 0) is 50.3 Å². The highest BCUT2D eigenvalue weighted by Gasteiger charge is 2.47. The number of aliphatic carboxylic acids is 1. The van der Waals surface area contributed by atoms with E-state index in [1.165, 1.54) is 39.6 Å². The standard InChI is InChI=1S/C37H56N2O9/c1-5-7-9-12-15-18-30(40)19-16-13-10-11-14-17-20-32(37(45,36(43)44)25-27-46-3)34(41)38-33(35(42)39-47-4)28-29-21-23-31(24-22-29)48-26-8-6-2/h17,20-24,32-33,45H,5,7,9-16,18-19,25-28H2,1-4H3,(H,38,41)(H,39,42)(H,43,44)/t32-,33+,37+/m1/s1. The van der Waals surface area contributed by atoms with Gasteiger partial charge in [0.05, 0.1) is 13.0 Å². The van der Waals surface area contributed by atoms with Crippen LogP contribution in [-0.2, 0) is 35.2 Å². The van der Waals surface area contributed by atoms with Gasteiger partial charge in [-0.2, -0.15) is 0 Å². The molecular weight excluding hydrogens is 616 g/mol. The van der Waals surface area contributed by atoms with Crippen molar-refractivity contribution in [1.82, 2.24) is 10.8 Å². The second kappa shape index (κ2) is 25.3. The van der Waals surface area contributed by atoms with Gasteiger partial charge in [-0.25, -0.2) is 10.3 Å². The summed E-state index contributed by atoms with van der Waals surface area (Å²) in [4.78, 5) is 55.8. The van der Waals surface area contributed by atoms with Crippen LogP contribution in [0.5, 0.6) is 5.75 Å². The fourth-order valence-electron chi connectivity index (χ4n) is 5.13. The van der Waals surface area contributed by atoms with E-state index in [2.05, 4.69) is 29.6 Å². The van der Waals surface area contributed by atoms with Crippen LogP contribution in [0.25, 0.3) is 0 Å². The van der Waals surface area contributed by atoms with Crippen molar-refractivity contribution in [1.29, 1.82) is 0 Å². The lowest BCUT2D eigenvalue weighted by molar-refractivity contribution is -0.168. The summed E-state index contributed by atoms with van der Waals surface area (Å²) < 4.78 is 10.6. The SMILES string of the molecule is CC#CCOc1ccc(C[C@H](NC(=O)[C@@H](C=CCCCCCCC(=O)CCCCCCC)[C@@](O)(CCOC)C(=O)O)C(=O)NOC)cc1. The number of hydroxylamine groups is 1. The zero-order chi connectivity index (χ0) is 35.6. The Morgan fingerprint density at radius 1 is 0.938 bits per heavy atom. The fraction of sp³-hybridized carbons (Fsp3) is 0.622. The molecule has 0 saturated heterocycles. The average Bonchev–Trinajstić information content (AvgIpc) is 3.06. The molecule has 3 atom stereocenters. The molecule has 0 spiro atoms. The predicted molar refractivity (Wildman–Crippen MR) is 184 cm³/mol. The van der Waals surface area contributed by atoms with E-state index in [0.717, 1.165) is 38.5 Å². The average molecular weight is 673 g/mol. The van der Waals surface area contributed by atoms with E-state index >= 15 is 0 Å². The smallest absolute Gasteiger partial charge is 0.336 e. The summed E-state index contributed by atoms with van der Waals surface area (Å²) in [6.07, 6.45) is 13.5. The summed E-state index contributed by atoms with van der Waals surface area (Å²) in [5, 5.41) is 23.9. The van der Waals surface area contributed by atoms with E-state index in [0.29, 0.717) is 36.4 Å². The first-order valence-electron chi connectivity index (χ1n) is 17.0. The Labute approximate surface area is 286 Å². The van der Waals surface area contributed by atoms with Crippen molar-refractivity contribution in [3.63, 3.8) is 0 Å². The van der Waals surface area contributed by atoms with Gasteiger partial charge in [0.15, 0.2) is 5.60 Å². The molecule has 0 aliphatic rings. The Morgan fingerprint density at radius 3 is 2.17 bits per heavy atom. The number of rotatable bonds is 27. The number of aliphatic hydroxyl groups is 1. The number of hydrogen-bond donors (Lipinski definition) is 4. The van der Waals surface area contributed by atoms with E-state index in [4.69, 9.17) is 14.3 Å². The minimum Gasteiger partial charge on any atom is -0.481 e. The van der Waals surface area contributed by atoms with Gasteiger partial charge in [-0.15, -0.1) is 5.92 Å². The topological polar surface area (TPSA) is 160 Å². The minimum atomic E-state index is -2.49. The van der Waals surface area contributed by atoms with Crippen molar-refractivity contribution in [2.45, 2.75) is 115 Å². The number of allylic oxidation sites excluding steroid dienone is 1. The lowest BCUT2D eigenvalue weighted by Gasteiger charge is -2.31. The second-order valence-corrected chi connectivity index (χ2v) is 11.8. The molecule has 0 radical (unpaired) electrons. The molecule has 1 rings (SSSR count). The number of carbonyl (C=O) groups is 4. The van der Waals surface area contributed by atoms with Gasteiger partial charge in [0, 0.05) is 39.4 Å². The minimum absolute atomic E-state index is 0.0529. The molecule has 0 aliphatic heterocycles. The van der Waals surface area contributed by atoms with Crippen LogP contribution in [0.3, 0.4) is 0 Å². The van der Waals surface area contributed by atoms with Crippen LogP contribution in [0.15, 0.2) is 36.4 Å². The molecule has 48 heavy (non-hydrogen) atoms. The van der Waals surface area contributed by atoms with Crippen molar-refractivity contribution < 1.29 is 43.7 Å². The van der Waals surface area contributed by atoms with Gasteiger partial charge < -0.3 is 25.0 Å². The van der Waals surface area contributed by atoms with E-state index in [1.54, 1.807) is 37.3 Å². The van der Waals surface area contributed by atoms with Crippen LogP contribution in [0.2, 0.25) is 0 Å². The first-order chi connectivity index (χ1) is 23.1. The molecule has 268 valence electrons. The van der Waals surface area contributed by atoms with Crippen LogP contribution in [0, 0.1) is 17.8 Å². The molecule has 11 heteroatoms. The number of ether oxygens (including phenoxy) is 2. The molecule has 11 nitrogen and oxygen atoms in total. The van der Waals surface area contributed by atoms with Gasteiger partial charge in [0.1, 0.15) is 24.2 Å². The molecular formula is C37H56N2O9. The monoisotopic (exact) mass is 672 g/mol. The van der Waals surface area contributed by atoms with Crippen LogP contribution in [0.4, 0.5) is 0 Å². The zero-order valence-corrected chi connectivity index (χ0v) is 29.2. The largest absolute Gasteiger partial charge is 0.481 e. The molecule has 1 aromatic rings. The van der Waals surface area contributed by atoms with Crippen molar-refractivity contribution in [3.05, 3.63) is 42.0 Å². The molecule has 0 saturated carbocycles.